The monoisotopic (exact) mass is 433 g/mol. The van der Waals surface area contributed by atoms with Gasteiger partial charge in [-0.3, -0.25) is 4.90 Å². The maximum atomic E-state index is 6.95. The lowest BCUT2D eigenvalue weighted by atomic mass is 10.1. The van der Waals surface area contributed by atoms with Crippen LogP contribution in [0.2, 0.25) is 5.02 Å². The van der Waals surface area contributed by atoms with E-state index in [0.717, 1.165) is 67.2 Å². The highest BCUT2D eigenvalue weighted by atomic mass is 35.5. The second kappa shape index (κ2) is 8.75. The Balaban J connectivity index is 1.62. The van der Waals surface area contributed by atoms with Gasteiger partial charge in [0, 0.05) is 30.8 Å². The summed E-state index contributed by atoms with van der Waals surface area (Å²) in [7, 11) is 0. The molecule has 0 unspecified atom stereocenters. The van der Waals surface area contributed by atoms with Crippen LogP contribution < -0.4 is 0 Å². The van der Waals surface area contributed by atoms with E-state index in [1.54, 1.807) is 0 Å². The van der Waals surface area contributed by atoms with E-state index in [4.69, 9.17) is 21.4 Å². The van der Waals surface area contributed by atoms with Crippen LogP contribution in [0, 0.1) is 6.92 Å². The predicted molar refractivity (Wildman–Crippen MR) is 123 cm³/mol. The summed E-state index contributed by atoms with van der Waals surface area (Å²) in [6.07, 6.45) is 0. The molecule has 3 heterocycles. The van der Waals surface area contributed by atoms with Gasteiger partial charge in [-0.25, -0.2) is 4.68 Å². The summed E-state index contributed by atoms with van der Waals surface area (Å²) in [5.41, 5.74) is 5.39. The third-order valence-electron chi connectivity index (χ3n) is 5.67. The average Bonchev–Trinajstić information content (AvgIpc) is 3.19. The highest BCUT2D eigenvalue weighted by Crippen LogP contribution is 2.37. The third kappa shape index (κ3) is 4.06. The predicted octanol–water partition coefficient (Wildman–Crippen LogP) is 4.45. The number of aryl methyl sites for hydroxylation is 1. The van der Waals surface area contributed by atoms with Gasteiger partial charge >= 0.3 is 0 Å². The summed E-state index contributed by atoms with van der Waals surface area (Å²) in [4.78, 5) is 2.39. The average molecular weight is 434 g/mol. The fourth-order valence-electron chi connectivity index (χ4n) is 4.01. The first-order valence-corrected chi connectivity index (χ1v) is 10.9. The molecule has 0 amide bonds. The number of fused-ring (bicyclic) bond motifs is 1. The van der Waals surface area contributed by atoms with Crippen molar-refractivity contribution in [2.45, 2.75) is 13.5 Å². The number of hydrogen-bond donors (Lipinski definition) is 0. The van der Waals surface area contributed by atoms with Crippen LogP contribution in [0.3, 0.4) is 0 Å². The second-order valence-corrected chi connectivity index (χ2v) is 8.20. The van der Waals surface area contributed by atoms with Crippen molar-refractivity contribution in [3.63, 3.8) is 0 Å². The van der Waals surface area contributed by atoms with Gasteiger partial charge in [-0.2, -0.15) is 5.10 Å². The molecule has 1 fully saturated rings. The van der Waals surface area contributed by atoms with Gasteiger partial charge in [0.25, 0.3) is 0 Å². The fourth-order valence-corrected chi connectivity index (χ4v) is 4.33. The summed E-state index contributed by atoms with van der Waals surface area (Å²) in [5.74, 6) is 0. The molecule has 5 rings (SSSR count). The van der Waals surface area contributed by atoms with Crippen LogP contribution in [0.4, 0.5) is 0 Å². The quantitative estimate of drug-likeness (QED) is 0.465. The molecule has 0 N–H and O–H groups in total. The number of benzene rings is 2. The molecule has 0 saturated carbocycles. The van der Waals surface area contributed by atoms with Crippen molar-refractivity contribution in [3.8, 4) is 22.5 Å². The highest BCUT2D eigenvalue weighted by Gasteiger charge is 2.21. The van der Waals surface area contributed by atoms with Crippen molar-refractivity contribution in [1.82, 2.24) is 24.9 Å². The van der Waals surface area contributed by atoms with Gasteiger partial charge in [0.1, 0.15) is 11.4 Å². The largest absolute Gasteiger partial charge is 0.379 e. The van der Waals surface area contributed by atoms with Gasteiger partial charge in [-0.15, -0.1) is 10.2 Å². The SMILES string of the molecule is Cc1cccc(-c2nn(CCN3CCOCC3)c3nnc(-c4ccccc4)c(Cl)c23)c1. The van der Waals surface area contributed by atoms with Crippen LogP contribution in [0.25, 0.3) is 33.5 Å². The molecule has 4 aromatic rings. The van der Waals surface area contributed by atoms with Crippen LogP contribution >= 0.6 is 11.6 Å². The first kappa shape index (κ1) is 20.1. The van der Waals surface area contributed by atoms with Gasteiger partial charge in [-0.1, -0.05) is 65.7 Å². The smallest absolute Gasteiger partial charge is 0.182 e. The lowest BCUT2D eigenvalue weighted by Crippen LogP contribution is -2.38. The third-order valence-corrected chi connectivity index (χ3v) is 6.04. The summed E-state index contributed by atoms with van der Waals surface area (Å²) in [5, 5.41) is 15.4. The highest BCUT2D eigenvalue weighted by molar-refractivity contribution is 6.38. The van der Waals surface area contributed by atoms with Crippen LogP contribution in [-0.4, -0.2) is 57.7 Å². The van der Waals surface area contributed by atoms with Crippen molar-refractivity contribution in [2.24, 2.45) is 0 Å². The van der Waals surface area contributed by atoms with Gasteiger partial charge < -0.3 is 4.74 Å². The molecule has 1 saturated heterocycles. The first-order valence-electron chi connectivity index (χ1n) is 10.6. The van der Waals surface area contributed by atoms with E-state index >= 15 is 0 Å². The Labute approximate surface area is 186 Å². The van der Waals surface area contributed by atoms with Crippen molar-refractivity contribution in [1.29, 1.82) is 0 Å². The van der Waals surface area contributed by atoms with Crippen molar-refractivity contribution >= 4 is 22.6 Å². The molecule has 31 heavy (non-hydrogen) atoms. The minimum Gasteiger partial charge on any atom is -0.379 e. The van der Waals surface area contributed by atoms with Gasteiger partial charge in [0.2, 0.25) is 0 Å². The molecule has 0 radical (unpaired) electrons. The van der Waals surface area contributed by atoms with Crippen molar-refractivity contribution in [2.75, 3.05) is 32.8 Å². The number of rotatable bonds is 5. The topological polar surface area (TPSA) is 56.1 Å². The van der Waals surface area contributed by atoms with Crippen molar-refractivity contribution in [3.05, 3.63) is 65.2 Å². The molecule has 2 aromatic heterocycles. The van der Waals surface area contributed by atoms with Crippen molar-refractivity contribution < 1.29 is 4.74 Å². The maximum absolute atomic E-state index is 6.95. The number of ether oxygens (including phenoxy) is 1. The number of aromatic nitrogens is 4. The number of nitrogens with zero attached hydrogens (tertiary/aromatic N) is 5. The van der Waals surface area contributed by atoms with Crippen LogP contribution in [0.1, 0.15) is 5.56 Å². The Kier molecular flexibility index (Phi) is 5.68. The minimum absolute atomic E-state index is 0.588. The summed E-state index contributed by atoms with van der Waals surface area (Å²) in [6, 6.07) is 18.3. The lowest BCUT2D eigenvalue weighted by molar-refractivity contribution is 0.0361. The normalized spacial score (nSPS) is 14.9. The molecule has 0 aliphatic carbocycles. The molecule has 0 atom stereocenters. The molecule has 7 heteroatoms. The molecule has 0 spiro atoms. The Morgan fingerprint density at radius 3 is 2.45 bits per heavy atom. The van der Waals surface area contributed by atoms with E-state index in [1.807, 2.05) is 41.1 Å². The summed E-state index contributed by atoms with van der Waals surface area (Å²) < 4.78 is 7.40. The Morgan fingerprint density at radius 1 is 0.903 bits per heavy atom. The van der Waals surface area contributed by atoms with E-state index in [1.165, 1.54) is 5.56 Å². The zero-order valence-corrected chi connectivity index (χ0v) is 18.2. The Bertz CT molecular complexity index is 1200. The molecule has 1 aliphatic rings. The summed E-state index contributed by atoms with van der Waals surface area (Å²) in [6.45, 7) is 7.12. The maximum Gasteiger partial charge on any atom is 0.182 e. The molecule has 1 aliphatic heterocycles. The molecule has 0 bridgehead atoms. The molecule has 6 nitrogen and oxygen atoms in total. The molecular formula is C24H24ClN5O. The number of hydrogen-bond acceptors (Lipinski definition) is 5. The number of halogens is 1. The van der Waals surface area contributed by atoms with Crippen LogP contribution in [0.15, 0.2) is 54.6 Å². The van der Waals surface area contributed by atoms with E-state index < -0.39 is 0 Å². The fraction of sp³-hybridized carbons (Fsp3) is 0.292. The summed E-state index contributed by atoms with van der Waals surface area (Å²) >= 11 is 6.95. The van der Waals surface area contributed by atoms with Gasteiger partial charge in [0.15, 0.2) is 5.65 Å². The van der Waals surface area contributed by atoms with Gasteiger partial charge in [0.05, 0.1) is 30.2 Å². The van der Waals surface area contributed by atoms with E-state index in [2.05, 4.69) is 40.2 Å². The Hall–Kier alpha value is -2.80. The zero-order chi connectivity index (χ0) is 21.2. The lowest BCUT2D eigenvalue weighted by Gasteiger charge is -2.26. The van der Waals surface area contributed by atoms with Gasteiger partial charge in [-0.05, 0) is 13.0 Å². The van der Waals surface area contributed by atoms with Crippen LogP contribution in [-0.2, 0) is 11.3 Å². The molecule has 2 aromatic carbocycles. The first-order chi connectivity index (χ1) is 15.2. The van der Waals surface area contributed by atoms with E-state index in [9.17, 15) is 0 Å². The minimum atomic E-state index is 0.588. The standard InChI is InChI=1S/C24H24ClN5O/c1-17-6-5-9-19(16-17)22-20-21(25)23(18-7-3-2-4-8-18)26-27-24(20)30(28-22)11-10-29-12-14-31-15-13-29/h2-9,16H,10-15H2,1H3. The zero-order valence-electron chi connectivity index (χ0n) is 17.5. The Morgan fingerprint density at radius 2 is 1.68 bits per heavy atom. The van der Waals surface area contributed by atoms with E-state index in [-0.39, 0.29) is 0 Å². The molecule has 158 valence electrons. The molecular weight excluding hydrogens is 410 g/mol. The van der Waals surface area contributed by atoms with Crippen LogP contribution in [0.5, 0.6) is 0 Å². The number of morpholine rings is 1. The second-order valence-electron chi connectivity index (χ2n) is 7.82. The van der Waals surface area contributed by atoms with E-state index in [0.29, 0.717) is 10.7 Å².